The molecule has 0 bridgehead atoms. The maximum atomic E-state index is 11.7. The van der Waals surface area contributed by atoms with E-state index in [-0.39, 0.29) is 6.61 Å². The molecule has 1 aliphatic carbocycles. The van der Waals surface area contributed by atoms with Gasteiger partial charge in [-0.3, -0.25) is 4.79 Å². The zero-order valence-electron chi connectivity index (χ0n) is 11.0. The van der Waals surface area contributed by atoms with Gasteiger partial charge in [-0.05, 0) is 18.4 Å². The molecular formula is C15H17NO4. The largest absolute Gasteiger partial charge is 0.481 e. The molecule has 2 atom stereocenters. The second kappa shape index (κ2) is 6.75. The van der Waals surface area contributed by atoms with Gasteiger partial charge in [0, 0.05) is 6.04 Å². The number of carboxylic acids is 1. The minimum Gasteiger partial charge on any atom is -0.481 e. The molecule has 20 heavy (non-hydrogen) atoms. The minimum atomic E-state index is -0.900. The fourth-order valence-electron chi connectivity index (χ4n) is 2.16. The van der Waals surface area contributed by atoms with E-state index in [4.69, 9.17) is 9.84 Å². The van der Waals surface area contributed by atoms with Crippen molar-refractivity contribution < 1.29 is 19.4 Å². The summed E-state index contributed by atoms with van der Waals surface area (Å²) >= 11 is 0. The number of benzene rings is 1. The number of hydrogen-bond acceptors (Lipinski definition) is 3. The summed E-state index contributed by atoms with van der Waals surface area (Å²) in [4.78, 5) is 22.8. The number of rotatable bonds is 4. The van der Waals surface area contributed by atoms with Crippen LogP contribution in [-0.4, -0.2) is 23.2 Å². The highest BCUT2D eigenvalue weighted by atomic mass is 16.5. The Hall–Kier alpha value is -2.30. The number of aliphatic carboxylic acids is 1. The van der Waals surface area contributed by atoms with Crippen LogP contribution in [0.25, 0.3) is 0 Å². The Kier molecular flexibility index (Phi) is 4.76. The number of carbonyl (C=O) groups excluding carboxylic acids is 1. The highest BCUT2D eigenvalue weighted by molar-refractivity contribution is 5.74. The van der Waals surface area contributed by atoms with Crippen molar-refractivity contribution >= 4 is 12.1 Å². The van der Waals surface area contributed by atoms with Gasteiger partial charge in [0.25, 0.3) is 0 Å². The first-order valence-corrected chi connectivity index (χ1v) is 6.52. The molecule has 0 heterocycles. The van der Waals surface area contributed by atoms with Gasteiger partial charge in [0.1, 0.15) is 6.61 Å². The Morgan fingerprint density at radius 2 is 1.90 bits per heavy atom. The molecule has 5 heteroatoms. The number of alkyl carbamates (subject to hydrolysis) is 1. The average molecular weight is 275 g/mol. The molecule has 5 nitrogen and oxygen atoms in total. The van der Waals surface area contributed by atoms with E-state index in [1.165, 1.54) is 0 Å². The fraction of sp³-hybridized carbons (Fsp3) is 0.333. The lowest BCUT2D eigenvalue weighted by molar-refractivity contribution is -0.142. The zero-order chi connectivity index (χ0) is 14.4. The first kappa shape index (κ1) is 14.1. The van der Waals surface area contributed by atoms with Crippen LogP contribution in [0.5, 0.6) is 0 Å². The van der Waals surface area contributed by atoms with Crippen molar-refractivity contribution in [1.82, 2.24) is 5.32 Å². The van der Waals surface area contributed by atoms with Crippen molar-refractivity contribution in [2.75, 3.05) is 0 Å². The van der Waals surface area contributed by atoms with Gasteiger partial charge in [-0.2, -0.15) is 0 Å². The lowest BCUT2D eigenvalue weighted by atomic mass is 9.89. The van der Waals surface area contributed by atoms with Crippen molar-refractivity contribution in [2.24, 2.45) is 5.92 Å². The van der Waals surface area contributed by atoms with Crippen molar-refractivity contribution in [1.29, 1.82) is 0 Å². The second-order valence-electron chi connectivity index (χ2n) is 4.70. The van der Waals surface area contributed by atoms with Crippen LogP contribution >= 0.6 is 0 Å². The molecule has 1 aromatic rings. The van der Waals surface area contributed by atoms with E-state index < -0.39 is 24.0 Å². The molecule has 0 aromatic heterocycles. The fourth-order valence-corrected chi connectivity index (χ4v) is 2.16. The molecule has 0 saturated heterocycles. The lowest BCUT2D eigenvalue weighted by Crippen LogP contribution is -2.44. The van der Waals surface area contributed by atoms with E-state index in [0.29, 0.717) is 12.8 Å². The van der Waals surface area contributed by atoms with E-state index in [1.807, 2.05) is 42.5 Å². The standard InChI is InChI=1S/C15H17NO4/c17-14(18)12-8-4-5-9-13(12)16-15(19)20-10-11-6-2-1-3-7-11/h1-7,12-13H,8-10H2,(H,16,19)(H,17,18)/t12-,13?/m0/s1. The summed E-state index contributed by atoms with van der Waals surface area (Å²) in [6.07, 6.45) is 4.06. The highest BCUT2D eigenvalue weighted by Crippen LogP contribution is 2.19. The molecular weight excluding hydrogens is 258 g/mol. The van der Waals surface area contributed by atoms with Crippen LogP contribution in [0.4, 0.5) is 4.79 Å². The Labute approximate surface area is 117 Å². The number of nitrogens with one attached hydrogen (secondary N) is 1. The molecule has 1 aromatic carbocycles. The van der Waals surface area contributed by atoms with Gasteiger partial charge in [-0.15, -0.1) is 0 Å². The molecule has 1 unspecified atom stereocenters. The van der Waals surface area contributed by atoms with Crippen LogP contribution < -0.4 is 5.32 Å². The molecule has 1 aliphatic rings. The predicted molar refractivity (Wildman–Crippen MR) is 73.1 cm³/mol. The Bertz CT molecular complexity index is 498. The third-order valence-corrected chi connectivity index (χ3v) is 3.27. The molecule has 106 valence electrons. The van der Waals surface area contributed by atoms with Crippen LogP contribution in [0.15, 0.2) is 42.5 Å². The van der Waals surface area contributed by atoms with Crippen LogP contribution in [0.2, 0.25) is 0 Å². The lowest BCUT2D eigenvalue weighted by Gasteiger charge is -2.25. The topological polar surface area (TPSA) is 75.6 Å². The smallest absolute Gasteiger partial charge is 0.407 e. The van der Waals surface area contributed by atoms with Crippen LogP contribution in [0.1, 0.15) is 18.4 Å². The summed E-state index contributed by atoms with van der Waals surface area (Å²) in [5, 5.41) is 11.7. The summed E-state index contributed by atoms with van der Waals surface area (Å²) in [7, 11) is 0. The van der Waals surface area contributed by atoms with Crippen LogP contribution in [-0.2, 0) is 16.1 Å². The van der Waals surface area contributed by atoms with E-state index in [9.17, 15) is 9.59 Å². The van der Waals surface area contributed by atoms with Gasteiger partial charge in [-0.1, -0.05) is 42.5 Å². The summed E-state index contributed by atoms with van der Waals surface area (Å²) in [6, 6.07) is 8.91. The maximum Gasteiger partial charge on any atom is 0.407 e. The van der Waals surface area contributed by atoms with Gasteiger partial charge in [-0.25, -0.2) is 4.79 Å². The predicted octanol–water partition coefficient (Wildman–Crippen LogP) is 2.33. The van der Waals surface area contributed by atoms with E-state index in [0.717, 1.165) is 5.56 Å². The highest BCUT2D eigenvalue weighted by Gasteiger charge is 2.30. The van der Waals surface area contributed by atoms with Crippen molar-refractivity contribution in [3.05, 3.63) is 48.0 Å². The number of ether oxygens (including phenoxy) is 1. The van der Waals surface area contributed by atoms with Crippen molar-refractivity contribution in [3.8, 4) is 0 Å². The van der Waals surface area contributed by atoms with Gasteiger partial charge < -0.3 is 15.2 Å². The average Bonchev–Trinajstić information content (AvgIpc) is 2.46. The molecule has 0 fully saturated rings. The monoisotopic (exact) mass is 275 g/mol. The first-order chi connectivity index (χ1) is 9.66. The molecule has 2 rings (SSSR count). The van der Waals surface area contributed by atoms with E-state index in [2.05, 4.69) is 5.32 Å². The van der Waals surface area contributed by atoms with Crippen LogP contribution in [0.3, 0.4) is 0 Å². The SMILES string of the molecule is O=C(NC1CC=CC[C@@H]1C(=O)O)OCc1ccccc1. The van der Waals surface area contributed by atoms with Crippen LogP contribution in [0, 0.1) is 5.92 Å². The number of carbonyl (C=O) groups is 2. The van der Waals surface area contributed by atoms with Crippen molar-refractivity contribution in [3.63, 3.8) is 0 Å². The van der Waals surface area contributed by atoms with Crippen molar-refractivity contribution in [2.45, 2.75) is 25.5 Å². The summed E-state index contributed by atoms with van der Waals surface area (Å²) in [5.41, 5.74) is 0.890. The third kappa shape index (κ3) is 3.85. The van der Waals surface area contributed by atoms with Gasteiger partial charge in [0.15, 0.2) is 0 Å². The van der Waals surface area contributed by atoms with Gasteiger partial charge >= 0.3 is 12.1 Å². The van der Waals surface area contributed by atoms with E-state index in [1.54, 1.807) is 0 Å². The Morgan fingerprint density at radius 3 is 2.60 bits per heavy atom. The molecule has 2 N–H and O–H groups in total. The summed E-state index contributed by atoms with van der Waals surface area (Å²) in [6.45, 7) is 0.174. The molecule has 1 amide bonds. The normalized spacial score (nSPS) is 21.2. The minimum absolute atomic E-state index is 0.174. The number of amides is 1. The summed E-state index contributed by atoms with van der Waals surface area (Å²) in [5.74, 6) is -1.49. The van der Waals surface area contributed by atoms with E-state index >= 15 is 0 Å². The molecule has 0 saturated carbocycles. The second-order valence-corrected chi connectivity index (χ2v) is 4.70. The number of carboxylic acid groups (broad SMARTS) is 1. The first-order valence-electron chi connectivity index (χ1n) is 6.52. The number of allylic oxidation sites excluding steroid dienone is 1. The third-order valence-electron chi connectivity index (χ3n) is 3.27. The quantitative estimate of drug-likeness (QED) is 0.827. The molecule has 0 radical (unpaired) electrons. The van der Waals surface area contributed by atoms with Gasteiger partial charge in [0.2, 0.25) is 0 Å². The zero-order valence-corrected chi connectivity index (χ0v) is 11.0. The Morgan fingerprint density at radius 1 is 1.20 bits per heavy atom. The number of hydrogen-bond donors (Lipinski definition) is 2. The molecule has 0 aliphatic heterocycles. The molecule has 0 spiro atoms. The summed E-state index contributed by atoms with van der Waals surface area (Å²) < 4.78 is 5.09. The maximum absolute atomic E-state index is 11.7. The Balaban J connectivity index is 1.84. The van der Waals surface area contributed by atoms with Gasteiger partial charge in [0.05, 0.1) is 5.92 Å².